The van der Waals surface area contributed by atoms with E-state index >= 15 is 0 Å². The van der Waals surface area contributed by atoms with E-state index in [-0.39, 0.29) is 10.8 Å². The molecule has 0 unspecified atom stereocenters. The van der Waals surface area contributed by atoms with Crippen LogP contribution in [0.5, 0.6) is 5.75 Å². The highest BCUT2D eigenvalue weighted by Crippen LogP contribution is 2.16. The second-order valence-corrected chi connectivity index (χ2v) is 8.31. The molecular weight excluding hydrogens is 388 g/mol. The van der Waals surface area contributed by atoms with Crippen molar-refractivity contribution in [1.82, 2.24) is 4.98 Å². The number of benzene rings is 2. The van der Waals surface area contributed by atoms with Crippen LogP contribution in [0.15, 0.2) is 83.9 Å². The average Bonchev–Trinajstić information content (AvgIpc) is 2.72. The molecule has 148 valence electrons. The summed E-state index contributed by atoms with van der Waals surface area (Å²) in [6.45, 7) is 0.385. The summed E-state index contributed by atoms with van der Waals surface area (Å²) < 4.78 is 28.6. The topological polar surface area (TPSA) is 85.4 Å². The number of hydrogen-bond donors (Lipinski definition) is 1. The number of nitrogens with one attached hydrogen (secondary N) is 1. The van der Waals surface area contributed by atoms with Crippen LogP contribution in [0.25, 0.3) is 6.08 Å². The molecule has 1 aromatic heterocycles. The van der Waals surface area contributed by atoms with Crippen molar-refractivity contribution in [2.45, 2.75) is 11.5 Å². The zero-order valence-corrected chi connectivity index (χ0v) is 16.6. The van der Waals surface area contributed by atoms with Crippen molar-refractivity contribution in [3.8, 4) is 5.75 Å². The molecule has 6 nitrogen and oxygen atoms in total. The molecule has 0 saturated heterocycles. The van der Waals surface area contributed by atoms with Crippen LogP contribution in [0.4, 0.5) is 5.69 Å². The van der Waals surface area contributed by atoms with Gasteiger partial charge in [-0.15, -0.1) is 0 Å². The second-order valence-electron chi connectivity index (χ2n) is 6.30. The van der Waals surface area contributed by atoms with Gasteiger partial charge in [-0.2, -0.15) is 0 Å². The van der Waals surface area contributed by atoms with Gasteiger partial charge in [-0.25, -0.2) is 8.42 Å². The molecule has 0 bridgehead atoms. The number of sulfone groups is 1. The van der Waals surface area contributed by atoms with Crippen molar-refractivity contribution in [1.29, 1.82) is 0 Å². The summed E-state index contributed by atoms with van der Waals surface area (Å²) in [7, 11) is -3.26. The fourth-order valence-corrected chi connectivity index (χ4v) is 3.09. The largest absolute Gasteiger partial charge is 0.487 e. The Morgan fingerprint density at radius 3 is 2.38 bits per heavy atom. The summed E-state index contributed by atoms with van der Waals surface area (Å²) in [4.78, 5) is 16.5. The predicted octanol–water partition coefficient (Wildman–Crippen LogP) is 3.72. The second kappa shape index (κ2) is 9.16. The van der Waals surface area contributed by atoms with Crippen LogP contribution in [0, 0.1) is 0 Å². The van der Waals surface area contributed by atoms with E-state index in [4.69, 9.17) is 4.74 Å². The predicted molar refractivity (Wildman–Crippen MR) is 112 cm³/mol. The molecule has 1 amide bonds. The lowest BCUT2D eigenvalue weighted by Crippen LogP contribution is -2.08. The summed E-state index contributed by atoms with van der Waals surface area (Å²) >= 11 is 0. The maximum absolute atomic E-state index is 12.0. The molecule has 3 aromatic rings. The third-order valence-electron chi connectivity index (χ3n) is 3.97. The number of amides is 1. The van der Waals surface area contributed by atoms with Crippen LogP contribution in [-0.4, -0.2) is 25.6 Å². The lowest BCUT2D eigenvalue weighted by atomic mass is 10.2. The first-order valence-corrected chi connectivity index (χ1v) is 10.7. The van der Waals surface area contributed by atoms with E-state index in [2.05, 4.69) is 10.3 Å². The molecule has 0 aliphatic heterocycles. The number of hydrogen-bond acceptors (Lipinski definition) is 5. The van der Waals surface area contributed by atoms with E-state index in [0.717, 1.165) is 17.5 Å². The van der Waals surface area contributed by atoms with Gasteiger partial charge in [-0.1, -0.05) is 18.2 Å². The van der Waals surface area contributed by atoms with Crippen molar-refractivity contribution < 1.29 is 17.9 Å². The monoisotopic (exact) mass is 408 g/mol. The van der Waals surface area contributed by atoms with Gasteiger partial charge in [0.05, 0.1) is 10.6 Å². The SMILES string of the molecule is CS(=O)(=O)c1ccc(NC(=O)/C=C/c2ccc(OCc3ccccn3)cc2)cc1. The summed E-state index contributed by atoms with van der Waals surface area (Å²) in [5, 5.41) is 2.69. The van der Waals surface area contributed by atoms with Crippen LogP contribution in [0.3, 0.4) is 0 Å². The number of ether oxygens (including phenoxy) is 1. The molecule has 0 radical (unpaired) electrons. The number of aromatic nitrogens is 1. The van der Waals surface area contributed by atoms with Crippen molar-refractivity contribution in [3.05, 3.63) is 90.3 Å². The van der Waals surface area contributed by atoms with Gasteiger partial charge in [0.1, 0.15) is 12.4 Å². The van der Waals surface area contributed by atoms with Crippen LogP contribution in [0.1, 0.15) is 11.3 Å². The minimum absolute atomic E-state index is 0.205. The van der Waals surface area contributed by atoms with Crippen LogP contribution < -0.4 is 10.1 Å². The molecule has 0 saturated carbocycles. The lowest BCUT2D eigenvalue weighted by molar-refractivity contribution is -0.111. The van der Waals surface area contributed by atoms with Crippen LogP contribution in [-0.2, 0) is 21.2 Å². The van der Waals surface area contributed by atoms with E-state index in [9.17, 15) is 13.2 Å². The third kappa shape index (κ3) is 6.29. The van der Waals surface area contributed by atoms with Crippen molar-refractivity contribution >= 4 is 27.5 Å². The van der Waals surface area contributed by atoms with Crippen LogP contribution in [0.2, 0.25) is 0 Å². The van der Waals surface area contributed by atoms with Gasteiger partial charge in [-0.3, -0.25) is 9.78 Å². The van der Waals surface area contributed by atoms with E-state index in [1.165, 1.54) is 18.2 Å². The zero-order chi connectivity index (χ0) is 20.7. The Balaban J connectivity index is 1.53. The van der Waals surface area contributed by atoms with E-state index in [0.29, 0.717) is 18.0 Å². The number of pyridine rings is 1. The molecule has 0 spiro atoms. The molecule has 7 heteroatoms. The smallest absolute Gasteiger partial charge is 0.248 e. The first-order chi connectivity index (χ1) is 13.9. The Morgan fingerprint density at radius 1 is 1.03 bits per heavy atom. The molecule has 29 heavy (non-hydrogen) atoms. The molecule has 0 fully saturated rings. The summed E-state index contributed by atoms with van der Waals surface area (Å²) in [5.41, 5.74) is 2.21. The van der Waals surface area contributed by atoms with E-state index < -0.39 is 9.84 Å². The summed E-state index contributed by atoms with van der Waals surface area (Å²) in [6, 6.07) is 19.0. The Kier molecular flexibility index (Phi) is 6.41. The molecule has 3 rings (SSSR count). The average molecular weight is 408 g/mol. The summed E-state index contributed by atoms with van der Waals surface area (Å²) in [5.74, 6) is 0.399. The normalized spacial score (nSPS) is 11.3. The molecule has 1 heterocycles. The number of carbonyl (C=O) groups is 1. The molecule has 0 aliphatic rings. The van der Waals surface area contributed by atoms with Gasteiger partial charge >= 0.3 is 0 Å². The van der Waals surface area contributed by atoms with Crippen molar-refractivity contribution in [2.75, 3.05) is 11.6 Å². The van der Waals surface area contributed by atoms with Gasteiger partial charge in [0.2, 0.25) is 5.91 Å². The van der Waals surface area contributed by atoms with Gasteiger partial charge in [0.15, 0.2) is 9.84 Å². The molecule has 0 atom stereocenters. The fraction of sp³-hybridized carbons (Fsp3) is 0.0909. The minimum atomic E-state index is -3.26. The maximum Gasteiger partial charge on any atom is 0.248 e. The van der Waals surface area contributed by atoms with E-state index in [1.807, 2.05) is 42.5 Å². The van der Waals surface area contributed by atoms with Gasteiger partial charge in [-0.05, 0) is 60.2 Å². The first-order valence-electron chi connectivity index (χ1n) is 8.82. The number of carbonyl (C=O) groups excluding carboxylic acids is 1. The molecular formula is C22H20N2O4S. The Labute approximate surface area is 169 Å². The highest BCUT2D eigenvalue weighted by Gasteiger charge is 2.06. The molecule has 0 aliphatic carbocycles. The highest BCUT2D eigenvalue weighted by atomic mass is 32.2. The Morgan fingerprint density at radius 2 is 1.76 bits per heavy atom. The van der Waals surface area contributed by atoms with Crippen molar-refractivity contribution in [3.63, 3.8) is 0 Å². The fourth-order valence-electron chi connectivity index (χ4n) is 2.46. The van der Waals surface area contributed by atoms with Crippen molar-refractivity contribution in [2.24, 2.45) is 0 Å². The Bertz CT molecular complexity index is 1090. The minimum Gasteiger partial charge on any atom is -0.487 e. The summed E-state index contributed by atoms with van der Waals surface area (Å²) in [6.07, 6.45) is 5.95. The van der Waals surface area contributed by atoms with Gasteiger partial charge in [0.25, 0.3) is 0 Å². The van der Waals surface area contributed by atoms with Gasteiger partial charge < -0.3 is 10.1 Å². The first kappa shape index (κ1) is 20.3. The molecule has 1 N–H and O–H groups in total. The number of nitrogens with zero attached hydrogens (tertiary/aromatic N) is 1. The lowest BCUT2D eigenvalue weighted by Gasteiger charge is -2.06. The number of anilines is 1. The quantitative estimate of drug-likeness (QED) is 0.602. The third-order valence-corrected chi connectivity index (χ3v) is 5.10. The Hall–Kier alpha value is -3.45. The van der Waals surface area contributed by atoms with Gasteiger partial charge in [0, 0.05) is 24.2 Å². The van der Waals surface area contributed by atoms with Crippen LogP contribution >= 0.6 is 0 Å². The highest BCUT2D eigenvalue weighted by molar-refractivity contribution is 7.90. The number of rotatable bonds is 7. The maximum atomic E-state index is 12.0. The zero-order valence-electron chi connectivity index (χ0n) is 15.8. The molecule has 2 aromatic carbocycles. The standard InChI is InChI=1S/C22H20N2O4S/c1-29(26,27)21-12-8-18(9-13-21)24-22(25)14-7-17-5-10-20(11-6-17)28-16-19-4-2-3-15-23-19/h2-15H,16H2,1H3,(H,24,25)/b14-7+. The van der Waals surface area contributed by atoms with E-state index in [1.54, 1.807) is 24.4 Å².